The fraction of sp³-hybridized carbons (Fsp3) is 0.722. The second-order valence-corrected chi connectivity index (χ2v) is 7.48. The lowest BCUT2D eigenvalue weighted by Gasteiger charge is -2.35. The molecule has 0 unspecified atom stereocenters. The molecule has 0 aromatic carbocycles. The molecule has 3 aliphatic rings. The Bertz CT molecular complexity index is 661. The number of anilines is 1. The van der Waals surface area contributed by atoms with Crippen LogP contribution in [0, 0.1) is 23.2 Å². The Balaban J connectivity index is 1.35. The van der Waals surface area contributed by atoms with Gasteiger partial charge in [0.25, 0.3) is 0 Å². The number of hydrogen-bond acceptors (Lipinski definition) is 5. The van der Waals surface area contributed by atoms with E-state index in [1.54, 1.807) is 0 Å². The van der Waals surface area contributed by atoms with Crippen molar-refractivity contribution in [2.45, 2.75) is 44.9 Å². The van der Waals surface area contributed by atoms with E-state index in [0.29, 0.717) is 61.9 Å². The molecule has 1 aromatic rings. The summed E-state index contributed by atoms with van der Waals surface area (Å²) < 4.78 is 5.86. The average molecular weight is 328 g/mol. The zero-order chi connectivity index (χ0) is 16.7. The largest absolute Gasteiger partial charge is 0.423 e. The summed E-state index contributed by atoms with van der Waals surface area (Å²) in [5, 5.41) is 9.30. The molecule has 128 valence electrons. The Morgan fingerprint density at radius 1 is 1.29 bits per heavy atom. The van der Waals surface area contributed by atoms with E-state index in [1.165, 1.54) is 12.8 Å². The molecule has 0 spiro atoms. The number of piperazine rings is 1. The topological polar surface area (TPSA) is 73.4 Å². The van der Waals surface area contributed by atoms with Crippen LogP contribution < -0.4 is 4.90 Å². The van der Waals surface area contributed by atoms with Crippen LogP contribution in [0.25, 0.3) is 0 Å². The molecule has 1 aliphatic heterocycles. The first-order chi connectivity index (χ1) is 11.7. The van der Waals surface area contributed by atoms with Gasteiger partial charge in [-0.1, -0.05) is 6.92 Å². The maximum Gasteiger partial charge on any atom is 0.234 e. The van der Waals surface area contributed by atoms with Crippen molar-refractivity contribution >= 4 is 11.8 Å². The van der Waals surface area contributed by atoms with Gasteiger partial charge < -0.3 is 14.2 Å². The number of rotatable bonds is 5. The summed E-state index contributed by atoms with van der Waals surface area (Å²) in [7, 11) is 0. The quantitative estimate of drug-likeness (QED) is 0.830. The van der Waals surface area contributed by atoms with Crippen molar-refractivity contribution in [3.63, 3.8) is 0 Å². The maximum absolute atomic E-state index is 12.4. The Labute approximate surface area is 142 Å². The van der Waals surface area contributed by atoms with Crippen molar-refractivity contribution in [1.29, 1.82) is 5.26 Å². The van der Waals surface area contributed by atoms with Crippen molar-refractivity contribution in [2.75, 3.05) is 31.1 Å². The fourth-order valence-corrected chi connectivity index (χ4v) is 3.52. The van der Waals surface area contributed by atoms with Crippen molar-refractivity contribution < 1.29 is 9.21 Å². The molecule has 0 N–H and O–H groups in total. The normalized spacial score (nSPS) is 22.3. The van der Waals surface area contributed by atoms with E-state index < -0.39 is 0 Å². The van der Waals surface area contributed by atoms with Gasteiger partial charge in [0, 0.05) is 38.5 Å². The summed E-state index contributed by atoms with van der Waals surface area (Å²) in [6.45, 7) is 5.00. The van der Waals surface area contributed by atoms with E-state index in [1.807, 2.05) is 4.90 Å². The summed E-state index contributed by atoms with van der Waals surface area (Å²) in [5.74, 6) is 3.25. The lowest BCUT2D eigenvalue weighted by molar-refractivity contribution is -0.132. The Morgan fingerprint density at radius 2 is 2.00 bits per heavy atom. The molecular weight excluding hydrogens is 304 g/mol. The maximum atomic E-state index is 12.4. The zero-order valence-corrected chi connectivity index (χ0v) is 14.2. The van der Waals surface area contributed by atoms with Gasteiger partial charge in [0.1, 0.15) is 6.07 Å². The molecule has 24 heavy (non-hydrogen) atoms. The van der Waals surface area contributed by atoms with Gasteiger partial charge in [0.05, 0.1) is 0 Å². The van der Waals surface area contributed by atoms with Gasteiger partial charge in [-0.15, -0.1) is 0 Å². The minimum Gasteiger partial charge on any atom is -0.423 e. The highest BCUT2D eigenvalue weighted by Gasteiger charge is 2.34. The fourth-order valence-electron chi connectivity index (χ4n) is 3.52. The highest BCUT2D eigenvalue weighted by molar-refractivity contribution is 5.76. The third-order valence-electron chi connectivity index (χ3n) is 5.50. The highest BCUT2D eigenvalue weighted by Crippen LogP contribution is 2.41. The van der Waals surface area contributed by atoms with E-state index in [-0.39, 0.29) is 5.91 Å². The summed E-state index contributed by atoms with van der Waals surface area (Å²) in [6, 6.07) is 2.15. The van der Waals surface area contributed by atoms with Crippen LogP contribution in [0.5, 0.6) is 0 Å². The van der Waals surface area contributed by atoms with Gasteiger partial charge >= 0.3 is 0 Å². The Kier molecular flexibility index (Phi) is 3.95. The van der Waals surface area contributed by atoms with Crippen LogP contribution in [0.2, 0.25) is 0 Å². The molecule has 1 aromatic heterocycles. The number of carbonyl (C=O) groups excluding carboxylic acids is 1. The number of amides is 1. The zero-order valence-electron chi connectivity index (χ0n) is 14.2. The lowest BCUT2D eigenvalue weighted by Crippen LogP contribution is -2.49. The highest BCUT2D eigenvalue weighted by atomic mass is 16.4. The third-order valence-corrected chi connectivity index (χ3v) is 5.50. The molecular formula is C18H24N4O2. The standard InChI is InChI=1S/C18H24N4O2/c1-12(13-2-3-13)10-16(23)21-6-8-22(9-7-21)18-15(11-19)20-17(24-18)14-4-5-14/h12-14H,2-10H2,1H3/t12-/m0/s1. The molecule has 0 bridgehead atoms. The van der Waals surface area contributed by atoms with Gasteiger partial charge in [-0.2, -0.15) is 5.26 Å². The van der Waals surface area contributed by atoms with Crippen molar-refractivity contribution in [3.8, 4) is 6.07 Å². The molecule has 2 saturated carbocycles. The van der Waals surface area contributed by atoms with E-state index >= 15 is 0 Å². The number of aromatic nitrogens is 1. The average Bonchev–Trinajstić information content (AvgIpc) is 3.51. The summed E-state index contributed by atoms with van der Waals surface area (Å²) >= 11 is 0. The molecule has 1 amide bonds. The van der Waals surface area contributed by atoms with Gasteiger partial charge in [0.15, 0.2) is 0 Å². The van der Waals surface area contributed by atoms with Crippen molar-refractivity contribution in [3.05, 3.63) is 11.6 Å². The SMILES string of the molecule is C[C@@H](CC(=O)N1CCN(c2oc(C3CC3)nc2C#N)CC1)C1CC1. The molecule has 6 heteroatoms. The Hall–Kier alpha value is -2.03. The molecule has 2 heterocycles. The molecule has 3 fully saturated rings. The number of nitrogens with zero attached hydrogens (tertiary/aromatic N) is 4. The van der Waals surface area contributed by atoms with Crippen molar-refractivity contribution in [1.82, 2.24) is 9.88 Å². The van der Waals surface area contributed by atoms with E-state index in [2.05, 4.69) is 22.9 Å². The first kappa shape index (κ1) is 15.5. The predicted octanol–water partition coefficient (Wildman–Crippen LogP) is 2.51. The van der Waals surface area contributed by atoms with Gasteiger partial charge in [-0.3, -0.25) is 4.79 Å². The molecule has 6 nitrogen and oxygen atoms in total. The number of carbonyl (C=O) groups is 1. The minimum absolute atomic E-state index is 0.269. The van der Waals surface area contributed by atoms with Crippen LogP contribution in [0.1, 0.15) is 56.5 Å². The second-order valence-electron chi connectivity index (χ2n) is 7.48. The first-order valence-electron chi connectivity index (χ1n) is 9.09. The molecule has 0 radical (unpaired) electrons. The third kappa shape index (κ3) is 3.12. The van der Waals surface area contributed by atoms with Crippen LogP contribution in [0.3, 0.4) is 0 Å². The summed E-state index contributed by atoms with van der Waals surface area (Å²) in [5.41, 5.74) is 0.388. The summed E-state index contributed by atoms with van der Waals surface area (Å²) in [4.78, 5) is 20.8. The minimum atomic E-state index is 0.269. The predicted molar refractivity (Wildman–Crippen MR) is 88.5 cm³/mol. The number of hydrogen-bond donors (Lipinski definition) is 0. The molecule has 2 aliphatic carbocycles. The van der Waals surface area contributed by atoms with Gasteiger partial charge in [-0.25, -0.2) is 4.98 Å². The van der Waals surface area contributed by atoms with Gasteiger partial charge in [-0.05, 0) is 37.5 Å². The van der Waals surface area contributed by atoms with Crippen molar-refractivity contribution in [2.24, 2.45) is 11.8 Å². The van der Waals surface area contributed by atoms with Crippen LogP contribution in [0.4, 0.5) is 5.88 Å². The second kappa shape index (κ2) is 6.12. The van der Waals surface area contributed by atoms with Crippen LogP contribution >= 0.6 is 0 Å². The number of nitriles is 1. The van der Waals surface area contributed by atoms with Gasteiger partial charge in [0.2, 0.25) is 23.4 Å². The summed E-state index contributed by atoms with van der Waals surface area (Å²) in [6.07, 6.45) is 5.45. The molecule has 1 saturated heterocycles. The van der Waals surface area contributed by atoms with Crippen LogP contribution in [-0.4, -0.2) is 42.0 Å². The van der Waals surface area contributed by atoms with Crippen LogP contribution in [0.15, 0.2) is 4.42 Å². The monoisotopic (exact) mass is 328 g/mol. The van der Waals surface area contributed by atoms with E-state index in [9.17, 15) is 10.1 Å². The molecule has 4 rings (SSSR count). The van der Waals surface area contributed by atoms with E-state index in [0.717, 1.165) is 18.8 Å². The smallest absolute Gasteiger partial charge is 0.234 e. The lowest BCUT2D eigenvalue weighted by atomic mass is 10.0. The number of oxazole rings is 1. The Morgan fingerprint density at radius 3 is 2.58 bits per heavy atom. The van der Waals surface area contributed by atoms with Crippen LogP contribution in [-0.2, 0) is 4.79 Å². The first-order valence-corrected chi connectivity index (χ1v) is 9.09. The van der Waals surface area contributed by atoms with E-state index in [4.69, 9.17) is 4.42 Å². The molecule has 1 atom stereocenters.